The summed E-state index contributed by atoms with van der Waals surface area (Å²) >= 11 is 0. The van der Waals surface area contributed by atoms with Gasteiger partial charge in [0.25, 0.3) is 0 Å². The molecule has 0 spiro atoms. The van der Waals surface area contributed by atoms with E-state index in [0.29, 0.717) is 22.5 Å². The van der Waals surface area contributed by atoms with Gasteiger partial charge in [0.05, 0.1) is 5.69 Å². The first kappa shape index (κ1) is 59.7. The van der Waals surface area contributed by atoms with E-state index in [9.17, 15) is 35.1 Å². The van der Waals surface area contributed by atoms with E-state index in [1.165, 1.54) is 24.3 Å². The molecule has 78 heavy (non-hydrogen) atoms. The first-order valence-corrected chi connectivity index (χ1v) is 23.0. The minimum atomic E-state index is -4.65. The molecule has 21 heteroatoms. The normalized spacial score (nSPS) is 12.9. The Balaban J connectivity index is 0.000000174. The van der Waals surface area contributed by atoms with Crippen molar-refractivity contribution in [2.75, 3.05) is 23.9 Å². The Hall–Kier alpha value is -7.57. The topological polar surface area (TPSA) is 106 Å². The van der Waals surface area contributed by atoms with Crippen molar-refractivity contribution < 1.29 is 75.3 Å². The Bertz CT molecular complexity index is 3350. The predicted octanol–water partition coefficient (Wildman–Crippen LogP) is 13.0. The van der Waals surface area contributed by atoms with E-state index in [0.717, 1.165) is 39.5 Å². The van der Waals surface area contributed by atoms with Crippen molar-refractivity contribution in [1.29, 1.82) is 0 Å². The van der Waals surface area contributed by atoms with Crippen molar-refractivity contribution in [3.63, 3.8) is 0 Å². The molecule has 0 aliphatic carbocycles. The molecule has 2 aliphatic rings. The molecule has 11 nitrogen and oxygen atoms in total. The zero-order valence-corrected chi connectivity index (χ0v) is 46.6. The Kier molecular flexibility index (Phi) is 19.7. The fourth-order valence-electron chi connectivity index (χ4n) is 7.16. The molecule has 2 radical (unpaired) electrons. The van der Waals surface area contributed by atoms with Crippen molar-refractivity contribution in [2.24, 2.45) is 0 Å². The van der Waals surface area contributed by atoms with E-state index in [2.05, 4.69) is 80.4 Å². The number of hydrogen-bond acceptors (Lipinski definition) is 9. The number of fused-ring (bicyclic) bond motifs is 1. The molecular weight excluding hydrogens is 1380 g/mol. The van der Waals surface area contributed by atoms with Crippen molar-refractivity contribution in [1.82, 2.24) is 45.1 Å². The predicted molar refractivity (Wildman–Crippen MR) is 272 cm³/mol. The van der Waals surface area contributed by atoms with Crippen LogP contribution in [0.15, 0.2) is 158 Å². The van der Waals surface area contributed by atoms with E-state index in [1.54, 1.807) is 48.5 Å². The maximum atomic E-state index is 12.8. The summed E-state index contributed by atoms with van der Waals surface area (Å²) in [5.41, 5.74) is 5.20. The van der Waals surface area contributed by atoms with Gasteiger partial charge in [0.2, 0.25) is 0 Å². The maximum Gasteiger partial charge on any atom is 0.431 e. The molecular formula is C57H43F8Ir2N11-8. The van der Waals surface area contributed by atoms with Crippen LogP contribution < -0.4 is 20.0 Å². The van der Waals surface area contributed by atoms with Crippen molar-refractivity contribution in [3.05, 3.63) is 225 Å². The molecule has 6 heterocycles. The summed E-state index contributed by atoms with van der Waals surface area (Å²) in [6.45, 7) is 10.1. The first-order chi connectivity index (χ1) is 36.2. The minimum Gasteiger partial charge on any atom is -0.573 e. The standard InChI is InChI=1S/C19H16F3N3.C18H9F3N4.2C10H9FN2.2Ir/c1-18(2,3)13-9-7-12(8-10-13)14-5-4-6-15(23-14)16-11-17(25-24-16)19(20,21)22;19-18(20,21)17-23-16(24-25-17)15-13-9-5-4-8-12(13)10-14(22-15)11-6-2-1-3-7-11;2*1-12-6-7-13(8-12)10-4-2-9(11)3-5-10;;/h4-7,9-11H,1-3H3;1-6,8-10H;2*2-4,6-8H,1H3;;/q4*-2;;. The molecule has 0 N–H and O–H groups in total. The van der Waals surface area contributed by atoms with Gasteiger partial charge in [-0.15, -0.1) is 119 Å². The van der Waals surface area contributed by atoms with Crippen LogP contribution in [-0.4, -0.2) is 49.0 Å². The average molecular weight is 1420 g/mol. The number of halogens is 8. The zero-order valence-electron chi connectivity index (χ0n) is 41.8. The molecule has 408 valence electrons. The molecule has 11 rings (SSSR count). The molecule has 2 aliphatic heterocycles. The van der Waals surface area contributed by atoms with Crippen LogP contribution in [0.4, 0.5) is 46.5 Å². The number of rotatable bonds is 6. The third-order valence-electron chi connectivity index (χ3n) is 11.0. The fourth-order valence-corrected chi connectivity index (χ4v) is 7.16. The number of aromatic nitrogens is 7. The van der Waals surface area contributed by atoms with E-state index in [4.69, 9.17) is 0 Å². The van der Waals surface area contributed by atoms with Gasteiger partial charge in [-0.05, 0) is 79.0 Å². The molecule has 0 atom stereocenters. The third kappa shape index (κ3) is 15.6. The van der Waals surface area contributed by atoms with Gasteiger partial charge in [0, 0.05) is 62.9 Å². The van der Waals surface area contributed by atoms with Gasteiger partial charge in [-0.2, -0.15) is 51.8 Å². The third-order valence-corrected chi connectivity index (χ3v) is 11.0. The number of alkyl halides is 6. The van der Waals surface area contributed by atoms with Crippen molar-refractivity contribution in [2.45, 2.75) is 38.5 Å². The number of hydrogen-bond donors (Lipinski definition) is 0. The van der Waals surface area contributed by atoms with E-state index < -0.39 is 23.9 Å². The van der Waals surface area contributed by atoms with Crippen LogP contribution in [0.1, 0.15) is 37.9 Å². The SMILES string of the molecule is CC(C)(C)c1c[c-]c(-c2cccc(-c3cc(C(F)(F)F)n[n-]3)n2)cc1.CN1C=CN(c2[c-]cc(F)cc2)[CH-]1.CN1C=CN(c2[c-]cc(F)cc2)[CH-]1.FC(F)(F)c1n[n-]c(-c2nc(-c3[c-]cccc3)cc3ccccc23)n1.[Ir].[Ir]. The second-order valence-electron chi connectivity index (χ2n) is 17.8. The summed E-state index contributed by atoms with van der Waals surface area (Å²) in [7, 11) is 3.86. The van der Waals surface area contributed by atoms with E-state index in [1.807, 2.05) is 126 Å². The summed E-state index contributed by atoms with van der Waals surface area (Å²) in [4.78, 5) is 20.0. The number of anilines is 2. The first-order valence-electron chi connectivity index (χ1n) is 23.0. The van der Waals surface area contributed by atoms with Gasteiger partial charge in [-0.25, -0.2) is 0 Å². The molecule has 0 bridgehead atoms. The van der Waals surface area contributed by atoms with Crippen LogP contribution in [0.25, 0.3) is 56.2 Å². The molecule has 9 aromatic rings. The molecule has 0 unspecified atom stereocenters. The Morgan fingerprint density at radius 3 is 1.65 bits per heavy atom. The van der Waals surface area contributed by atoms with Gasteiger partial charge in [-0.3, -0.25) is 23.8 Å². The summed E-state index contributed by atoms with van der Waals surface area (Å²) in [6, 6.07) is 49.0. The monoisotopic (exact) mass is 1420 g/mol. The van der Waals surface area contributed by atoms with Crippen LogP contribution in [0.2, 0.25) is 0 Å². The van der Waals surface area contributed by atoms with Crippen LogP contribution in [-0.2, 0) is 58.0 Å². The number of benzene rings is 5. The largest absolute Gasteiger partial charge is 0.573 e. The average Bonchev–Trinajstić information content (AvgIpc) is 4.30. The van der Waals surface area contributed by atoms with Crippen LogP contribution in [0.5, 0.6) is 0 Å². The second-order valence-corrected chi connectivity index (χ2v) is 17.8. The summed E-state index contributed by atoms with van der Waals surface area (Å²) in [5, 5.41) is 15.0. The quantitative estimate of drug-likeness (QED) is 0.117. The molecule has 0 amide bonds. The van der Waals surface area contributed by atoms with Gasteiger partial charge >= 0.3 is 12.4 Å². The minimum absolute atomic E-state index is 0. The van der Waals surface area contributed by atoms with Gasteiger partial charge in [0.15, 0.2) is 0 Å². The van der Waals surface area contributed by atoms with Crippen molar-refractivity contribution >= 4 is 22.1 Å². The van der Waals surface area contributed by atoms with Gasteiger partial charge in [-0.1, -0.05) is 68.9 Å². The molecule has 0 saturated carbocycles. The molecule has 4 aromatic heterocycles. The van der Waals surface area contributed by atoms with Crippen LogP contribution >= 0.6 is 0 Å². The number of pyridine rings is 2. The van der Waals surface area contributed by atoms with E-state index in [-0.39, 0.29) is 74.5 Å². The Labute approximate surface area is 472 Å². The number of nitrogens with zero attached hydrogens (tertiary/aromatic N) is 11. The van der Waals surface area contributed by atoms with Crippen LogP contribution in [0, 0.1) is 49.2 Å². The molecule has 0 saturated heterocycles. The Morgan fingerprint density at radius 1 is 0.538 bits per heavy atom. The van der Waals surface area contributed by atoms with Gasteiger partial charge < -0.3 is 39.9 Å². The van der Waals surface area contributed by atoms with Gasteiger partial charge in [0.1, 0.15) is 11.5 Å². The van der Waals surface area contributed by atoms with Crippen LogP contribution in [0.3, 0.4) is 0 Å². The van der Waals surface area contributed by atoms with Crippen molar-refractivity contribution in [3.8, 4) is 45.4 Å². The maximum absolute atomic E-state index is 12.8. The molecule has 0 fully saturated rings. The van der Waals surface area contributed by atoms with E-state index >= 15 is 0 Å². The summed E-state index contributed by atoms with van der Waals surface area (Å²) < 4.78 is 101. The zero-order chi connectivity index (χ0) is 54.2. The summed E-state index contributed by atoms with van der Waals surface area (Å²) in [5.74, 6) is -1.95. The summed E-state index contributed by atoms with van der Waals surface area (Å²) in [6.07, 6.45) is -1.55. The second kappa shape index (κ2) is 25.7. The molecule has 5 aromatic carbocycles. The fraction of sp³-hybridized carbons (Fsp3) is 0.140. The Morgan fingerprint density at radius 2 is 1.15 bits per heavy atom. The smallest absolute Gasteiger partial charge is 0.431 e.